The van der Waals surface area contributed by atoms with Crippen LogP contribution in [-0.2, 0) is 29.5 Å². The Kier molecular flexibility index (Phi) is 10.2. The van der Waals surface area contributed by atoms with Crippen molar-refractivity contribution in [3.63, 3.8) is 0 Å². The highest BCUT2D eigenvalue weighted by molar-refractivity contribution is 6.31. The van der Waals surface area contributed by atoms with Crippen LogP contribution < -0.4 is 0 Å². The monoisotopic (exact) mass is 501 g/mol. The van der Waals surface area contributed by atoms with Crippen molar-refractivity contribution in [3.8, 4) is 0 Å². The Bertz CT molecular complexity index is 1020. The van der Waals surface area contributed by atoms with Gasteiger partial charge in [-0.1, -0.05) is 55.8 Å². The highest BCUT2D eigenvalue weighted by Gasteiger charge is 2.21. The van der Waals surface area contributed by atoms with E-state index in [1.807, 2.05) is 19.1 Å². The van der Waals surface area contributed by atoms with Crippen LogP contribution >= 0.6 is 11.6 Å². The van der Waals surface area contributed by atoms with E-state index in [0.29, 0.717) is 30.9 Å². The fourth-order valence-corrected chi connectivity index (χ4v) is 4.85. The van der Waals surface area contributed by atoms with Gasteiger partial charge < -0.3 is 24.3 Å². The van der Waals surface area contributed by atoms with Gasteiger partial charge in [-0.2, -0.15) is 0 Å². The number of aliphatic hydroxyl groups excluding tert-OH is 2. The van der Waals surface area contributed by atoms with Crippen LogP contribution in [0.15, 0.2) is 54.3 Å². The lowest BCUT2D eigenvalue weighted by Gasteiger charge is -2.25. The Morgan fingerprint density at radius 2 is 2.03 bits per heavy atom. The minimum atomic E-state index is -0.527. The smallest absolute Gasteiger partial charge is 0.0854 e. The number of aliphatic hydroxyl groups is 2. The maximum absolute atomic E-state index is 10.1. The molecule has 0 radical (unpaired) electrons. The lowest BCUT2D eigenvalue weighted by atomic mass is 9.94. The third-order valence-corrected chi connectivity index (χ3v) is 6.96. The SMILES string of the molecule is CCC(CO)OC(CC(C)O)c1ccc(Cl)c(CC2=C/C(C)c3c(ccn3C)COC(C)/C=C\2)c1. The number of aromatic nitrogens is 1. The van der Waals surface area contributed by atoms with E-state index in [1.54, 1.807) is 6.92 Å². The van der Waals surface area contributed by atoms with Gasteiger partial charge in [0, 0.05) is 36.3 Å². The van der Waals surface area contributed by atoms with Crippen LogP contribution in [0.2, 0.25) is 5.02 Å². The summed E-state index contributed by atoms with van der Waals surface area (Å²) in [7, 11) is 2.08. The molecule has 0 saturated heterocycles. The fourth-order valence-electron chi connectivity index (χ4n) is 4.67. The number of hydrogen-bond acceptors (Lipinski definition) is 4. The van der Waals surface area contributed by atoms with Crippen LogP contribution in [0.5, 0.6) is 0 Å². The molecule has 192 valence electrons. The molecule has 5 atom stereocenters. The first-order chi connectivity index (χ1) is 16.7. The van der Waals surface area contributed by atoms with E-state index in [9.17, 15) is 10.2 Å². The highest BCUT2D eigenvalue weighted by atomic mass is 35.5. The number of ether oxygens (including phenoxy) is 2. The average molecular weight is 502 g/mol. The van der Waals surface area contributed by atoms with Gasteiger partial charge in [0.15, 0.2) is 0 Å². The van der Waals surface area contributed by atoms with E-state index in [2.05, 4.69) is 62.0 Å². The summed E-state index contributed by atoms with van der Waals surface area (Å²) in [6, 6.07) is 8.07. The second-order valence-corrected chi connectivity index (χ2v) is 10.1. The van der Waals surface area contributed by atoms with Gasteiger partial charge in [0.1, 0.15) is 0 Å². The van der Waals surface area contributed by atoms with Crippen LogP contribution in [0.25, 0.3) is 0 Å². The van der Waals surface area contributed by atoms with Gasteiger partial charge in [0.25, 0.3) is 0 Å². The quantitative estimate of drug-likeness (QED) is 0.440. The van der Waals surface area contributed by atoms with Crippen molar-refractivity contribution in [1.29, 1.82) is 0 Å². The molecule has 2 N–H and O–H groups in total. The molecule has 35 heavy (non-hydrogen) atoms. The van der Waals surface area contributed by atoms with Gasteiger partial charge in [-0.05, 0) is 61.1 Å². The number of aryl methyl sites for hydroxylation is 1. The van der Waals surface area contributed by atoms with Crippen LogP contribution in [0.1, 0.15) is 74.9 Å². The van der Waals surface area contributed by atoms with Gasteiger partial charge >= 0.3 is 0 Å². The molecular formula is C29H40ClNO4. The maximum Gasteiger partial charge on any atom is 0.0854 e. The van der Waals surface area contributed by atoms with E-state index in [0.717, 1.165) is 16.7 Å². The average Bonchev–Trinajstić information content (AvgIpc) is 3.20. The number of allylic oxidation sites excluding steroid dienone is 3. The number of rotatable bonds is 9. The van der Waals surface area contributed by atoms with Crippen molar-refractivity contribution in [3.05, 3.63) is 81.7 Å². The molecule has 0 bridgehead atoms. The van der Waals surface area contributed by atoms with E-state index in [4.69, 9.17) is 21.1 Å². The van der Waals surface area contributed by atoms with Crippen molar-refractivity contribution in [2.45, 2.75) is 83.9 Å². The zero-order valence-corrected chi connectivity index (χ0v) is 22.3. The van der Waals surface area contributed by atoms with Crippen LogP contribution in [-0.4, -0.2) is 39.7 Å². The standard InChI is InChI=1S/C29H40ClNO4/c1-6-26(17-32)35-28(14-20(3)33)23-9-10-27(30)25(16-23)15-22-8-7-21(4)34-18-24-11-12-31(5)29(24)19(2)13-22/h7-13,16,19-21,26,28,32-33H,6,14-15,17-18H2,1-5H3/b8-7-,22-13+. The summed E-state index contributed by atoms with van der Waals surface area (Å²) in [5, 5.41) is 20.4. The van der Waals surface area contributed by atoms with Gasteiger partial charge in [-0.3, -0.25) is 0 Å². The molecule has 2 heterocycles. The molecule has 1 aliphatic rings. The summed E-state index contributed by atoms with van der Waals surface area (Å²) in [4.78, 5) is 0. The number of nitrogens with zero attached hydrogens (tertiary/aromatic N) is 1. The third-order valence-electron chi connectivity index (χ3n) is 6.59. The molecule has 0 spiro atoms. The van der Waals surface area contributed by atoms with Crippen molar-refractivity contribution < 1.29 is 19.7 Å². The molecule has 5 unspecified atom stereocenters. The molecule has 1 aromatic heterocycles. The highest BCUT2D eigenvalue weighted by Crippen LogP contribution is 2.32. The fraction of sp³-hybridized carbons (Fsp3) is 0.517. The van der Waals surface area contributed by atoms with Gasteiger partial charge in [0.2, 0.25) is 0 Å². The number of fused-ring (bicyclic) bond motifs is 1. The van der Waals surface area contributed by atoms with Gasteiger partial charge in [0.05, 0.1) is 37.6 Å². The van der Waals surface area contributed by atoms with Crippen LogP contribution in [0.3, 0.4) is 0 Å². The summed E-state index contributed by atoms with van der Waals surface area (Å²) in [6.45, 7) is 8.55. The molecule has 0 fully saturated rings. The Morgan fingerprint density at radius 1 is 1.26 bits per heavy atom. The Balaban J connectivity index is 1.94. The van der Waals surface area contributed by atoms with Crippen molar-refractivity contribution >= 4 is 11.6 Å². The first kappa shape index (κ1) is 27.7. The topological polar surface area (TPSA) is 63.8 Å². The van der Waals surface area contributed by atoms with E-state index >= 15 is 0 Å². The molecule has 6 heteroatoms. The Labute approximate surface area is 215 Å². The summed E-state index contributed by atoms with van der Waals surface area (Å²) in [6.07, 6.45) is 9.31. The number of halogens is 1. The van der Waals surface area contributed by atoms with Crippen molar-refractivity contribution in [2.75, 3.05) is 6.61 Å². The molecular weight excluding hydrogens is 462 g/mol. The predicted molar refractivity (Wildman–Crippen MR) is 142 cm³/mol. The normalized spacial score (nSPS) is 23.6. The predicted octanol–water partition coefficient (Wildman–Crippen LogP) is 6.03. The minimum Gasteiger partial charge on any atom is -0.394 e. The lowest BCUT2D eigenvalue weighted by molar-refractivity contribution is -0.0585. The number of benzene rings is 1. The molecule has 0 aliphatic carbocycles. The maximum atomic E-state index is 10.1. The summed E-state index contributed by atoms with van der Waals surface area (Å²) >= 11 is 6.66. The molecule has 5 nitrogen and oxygen atoms in total. The largest absolute Gasteiger partial charge is 0.394 e. The molecule has 0 amide bonds. The lowest BCUT2D eigenvalue weighted by Crippen LogP contribution is -2.22. The van der Waals surface area contributed by atoms with E-state index in [-0.39, 0.29) is 30.8 Å². The van der Waals surface area contributed by atoms with E-state index in [1.165, 1.54) is 11.3 Å². The first-order valence-electron chi connectivity index (χ1n) is 12.6. The van der Waals surface area contributed by atoms with Crippen molar-refractivity contribution in [1.82, 2.24) is 4.57 Å². The second kappa shape index (κ2) is 12.9. The van der Waals surface area contributed by atoms with Crippen molar-refractivity contribution in [2.24, 2.45) is 7.05 Å². The molecule has 2 aromatic rings. The zero-order chi connectivity index (χ0) is 25.5. The molecule has 1 aromatic carbocycles. The third kappa shape index (κ3) is 7.55. The molecule has 3 rings (SSSR count). The minimum absolute atomic E-state index is 0.00468. The van der Waals surface area contributed by atoms with Gasteiger partial charge in [-0.15, -0.1) is 0 Å². The van der Waals surface area contributed by atoms with Crippen LogP contribution in [0, 0.1) is 0 Å². The Morgan fingerprint density at radius 3 is 2.71 bits per heavy atom. The second-order valence-electron chi connectivity index (χ2n) is 9.69. The summed E-state index contributed by atoms with van der Waals surface area (Å²) in [5.41, 5.74) is 5.59. The molecule has 1 aliphatic heterocycles. The molecule has 0 saturated carbocycles. The zero-order valence-electron chi connectivity index (χ0n) is 21.6. The first-order valence-corrected chi connectivity index (χ1v) is 13.0. The summed E-state index contributed by atoms with van der Waals surface area (Å²) < 4.78 is 14.4. The Hall–Kier alpha value is -1.89. The van der Waals surface area contributed by atoms with Crippen LogP contribution in [0.4, 0.5) is 0 Å². The summed E-state index contributed by atoms with van der Waals surface area (Å²) in [5.74, 6) is 0.213. The van der Waals surface area contributed by atoms with E-state index < -0.39 is 6.10 Å². The van der Waals surface area contributed by atoms with Gasteiger partial charge in [-0.25, -0.2) is 0 Å². The number of hydrogen-bond donors (Lipinski definition) is 2.